The average molecular weight is 564 g/mol. The molecule has 0 radical (unpaired) electrons. The predicted octanol–water partition coefficient (Wildman–Crippen LogP) is 7.77. The van der Waals surface area contributed by atoms with Crippen LogP contribution in [0, 0.1) is 42.9 Å². The van der Waals surface area contributed by atoms with Crippen LogP contribution < -0.4 is 0 Å². The predicted molar refractivity (Wildman–Crippen MR) is 136 cm³/mol. The second-order valence-corrected chi connectivity index (χ2v) is 9.44. The molecule has 0 amide bonds. The minimum Gasteiger partial charge on any atom is -0.258 e. The highest BCUT2D eigenvalue weighted by Crippen LogP contribution is 2.45. The van der Waals surface area contributed by atoms with E-state index < -0.39 is 31.4 Å². The van der Waals surface area contributed by atoms with E-state index in [0.717, 1.165) is 12.1 Å². The SMILES string of the molecule is N#Cc1ccc([C@@H](Cl)[C@@H](Cl)c2ccc([C@@H](Cl)[C@@H](Cl)c3ccc(C#N)cc3[N+](=O)[O-])cc2)c([N+](=O)[O-])c1. The lowest BCUT2D eigenvalue weighted by atomic mass is 9.97. The van der Waals surface area contributed by atoms with Gasteiger partial charge in [-0.3, -0.25) is 20.2 Å². The van der Waals surface area contributed by atoms with Crippen LogP contribution in [-0.2, 0) is 0 Å². The molecule has 0 N–H and O–H groups in total. The Morgan fingerprint density at radius 1 is 0.611 bits per heavy atom. The van der Waals surface area contributed by atoms with Crippen molar-refractivity contribution in [2.45, 2.75) is 21.5 Å². The van der Waals surface area contributed by atoms with Crippen LogP contribution in [0.25, 0.3) is 0 Å². The van der Waals surface area contributed by atoms with Crippen LogP contribution in [0.1, 0.15) is 54.9 Å². The van der Waals surface area contributed by atoms with E-state index in [1.807, 2.05) is 12.1 Å². The molecule has 0 fully saturated rings. The highest BCUT2D eigenvalue weighted by atomic mass is 35.5. The number of hydrogen-bond donors (Lipinski definition) is 0. The Balaban J connectivity index is 1.85. The second kappa shape index (κ2) is 11.6. The zero-order valence-corrected chi connectivity index (χ0v) is 21.0. The standard InChI is InChI=1S/C24H14Cl4N4O4/c25-21(23(27)17-7-1-13(11-29)9-19(17)31(33)34)15-3-5-16(6-4-15)22(26)24(28)18-8-2-14(12-30)10-20(18)32(35)36/h1-10,21-24H/t21-,22+,23+,24-. The first-order valence-electron chi connectivity index (χ1n) is 10.1. The molecular formula is C24H14Cl4N4O4. The number of nitro groups is 2. The molecule has 3 rings (SSSR count). The zero-order chi connectivity index (χ0) is 26.6. The minimum absolute atomic E-state index is 0.121. The van der Waals surface area contributed by atoms with Crippen LogP contribution in [0.3, 0.4) is 0 Å². The van der Waals surface area contributed by atoms with E-state index >= 15 is 0 Å². The van der Waals surface area contributed by atoms with Gasteiger partial charge >= 0.3 is 0 Å². The monoisotopic (exact) mass is 562 g/mol. The van der Waals surface area contributed by atoms with Crippen molar-refractivity contribution in [1.29, 1.82) is 10.5 Å². The first-order valence-corrected chi connectivity index (χ1v) is 11.9. The van der Waals surface area contributed by atoms with Gasteiger partial charge in [0.25, 0.3) is 11.4 Å². The zero-order valence-electron chi connectivity index (χ0n) is 18.0. The Kier molecular flexibility index (Phi) is 8.73. The lowest BCUT2D eigenvalue weighted by molar-refractivity contribution is -0.385. The molecule has 36 heavy (non-hydrogen) atoms. The molecule has 0 aliphatic heterocycles. The van der Waals surface area contributed by atoms with Gasteiger partial charge in [0.05, 0.1) is 54.6 Å². The first-order chi connectivity index (χ1) is 17.1. The van der Waals surface area contributed by atoms with Crippen LogP contribution in [-0.4, -0.2) is 9.85 Å². The third kappa shape index (κ3) is 5.70. The van der Waals surface area contributed by atoms with Gasteiger partial charge in [-0.25, -0.2) is 0 Å². The molecule has 8 nitrogen and oxygen atoms in total. The van der Waals surface area contributed by atoms with Gasteiger partial charge in [0.2, 0.25) is 0 Å². The maximum absolute atomic E-state index is 11.5. The van der Waals surface area contributed by atoms with Crippen LogP contribution in [0.5, 0.6) is 0 Å². The van der Waals surface area contributed by atoms with Crippen molar-refractivity contribution in [2.75, 3.05) is 0 Å². The lowest BCUT2D eigenvalue weighted by Gasteiger charge is -2.20. The maximum atomic E-state index is 11.5. The summed E-state index contributed by atoms with van der Waals surface area (Å²) in [5, 5.41) is 37.2. The molecule has 182 valence electrons. The van der Waals surface area contributed by atoms with Crippen molar-refractivity contribution in [3.8, 4) is 12.1 Å². The maximum Gasteiger partial charge on any atom is 0.275 e. The molecule has 4 atom stereocenters. The third-order valence-electron chi connectivity index (χ3n) is 5.39. The Bertz CT molecular complexity index is 1300. The number of hydrogen-bond acceptors (Lipinski definition) is 6. The van der Waals surface area contributed by atoms with Crippen LogP contribution in [0.4, 0.5) is 11.4 Å². The fourth-order valence-corrected chi connectivity index (χ4v) is 4.75. The summed E-state index contributed by atoms with van der Waals surface area (Å²) in [4.78, 5) is 21.7. The highest BCUT2D eigenvalue weighted by Gasteiger charge is 2.30. The molecular weight excluding hydrogens is 550 g/mol. The fourth-order valence-electron chi connectivity index (χ4n) is 3.53. The summed E-state index contributed by atoms with van der Waals surface area (Å²) in [7, 11) is 0. The summed E-state index contributed by atoms with van der Waals surface area (Å²) in [5.41, 5.74) is 1.02. The number of nitriles is 2. The molecule has 0 spiro atoms. The molecule has 0 saturated heterocycles. The fraction of sp³-hybridized carbons (Fsp3) is 0.167. The van der Waals surface area contributed by atoms with Crippen LogP contribution in [0.15, 0.2) is 60.7 Å². The summed E-state index contributed by atoms with van der Waals surface area (Å²) in [6, 6.07) is 18.1. The van der Waals surface area contributed by atoms with Crippen LogP contribution in [0.2, 0.25) is 0 Å². The van der Waals surface area contributed by atoms with E-state index in [2.05, 4.69) is 0 Å². The Labute approximate surface area is 225 Å². The number of benzene rings is 3. The molecule has 0 unspecified atom stereocenters. The van der Waals surface area contributed by atoms with Crippen molar-refractivity contribution >= 4 is 57.8 Å². The summed E-state index contributed by atoms with van der Waals surface area (Å²) in [5.74, 6) is 0. The van der Waals surface area contributed by atoms with E-state index in [9.17, 15) is 20.2 Å². The molecule has 12 heteroatoms. The Hall–Kier alpha value is -3.40. The van der Waals surface area contributed by atoms with Crippen molar-refractivity contribution in [1.82, 2.24) is 0 Å². The molecule has 0 aliphatic rings. The highest BCUT2D eigenvalue weighted by molar-refractivity contribution is 6.31. The van der Waals surface area contributed by atoms with E-state index in [1.54, 1.807) is 24.3 Å². The Morgan fingerprint density at radius 2 is 0.944 bits per heavy atom. The first kappa shape index (κ1) is 27.2. The van der Waals surface area contributed by atoms with Crippen molar-refractivity contribution in [2.24, 2.45) is 0 Å². The number of rotatable bonds is 8. The topological polar surface area (TPSA) is 134 Å². The average Bonchev–Trinajstić information content (AvgIpc) is 2.90. The molecule has 0 aromatic heterocycles. The molecule has 0 bridgehead atoms. The molecule has 3 aromatic rings. The van der Waals surface area contributed by atoms with Crippen molar-refractivity contribution in [3.63, 3.8) is 0 Å². The normalized spacial score (nSPS) is 14.1. The van der Waals surface area contributed by atoms with E-state index in [0.29, 0.717) is 11.1 Å². The van der Waals surface area contributed by atoms with Gasteiger partial charge in [-0.15, -0.1) is 46.4 Å². The molecule has 0 saturated carbocycles. The van der Waals surface area contributed by atoms with Gasteiger partial charge in [0.15, 0.2) is 0 Å². The Morgan fingerprint density at radius 3 is 1.22 bits per heavy atom. The quantitative estimate of drug-likeness (QED) is 0.156. The molecule has 0 heterocycles. The van der Waals surface area contributed by atoms with Gasteiger partial charge in [0.1, 0.15) is 0 Å². The third-order valence-corrected chi connectivity index (χ3v) is 7.63. The molecule has 3 aromatic carbocycles. The smallest absolute Gasteiger partial charge is 0.258 e. The summed E-state index contributed by atoms with van der Waals surface area (Å²) in [6.45, 7) is 0. The van der Waals surface area contributed by atoms with E-state index in [4.69, 9.17) is 56.9 Å². The van der Waals surface area contributed by atoms with Crippen LogP contribution >= 0.6 is 46.4 Å². The second-order valence-electron chi connectivity index (χ2n) is 7.56. The van der Waals surface area contributed by atoms with Gasteiger partial charge in [-0.1, -0.05) is 24.3 Å². The van der Waals surface area contributed by atoms with Gasteiger partial charge in [-0.2, -0.15) is 10.5 Å². The summed E-state index contributed by atoms with van der Waals surface area (Å²) >= 11 is 26.0. The summed E-state index contributed by atoms with van der Waals surface area (Å²) < 4.78 is 0. The largest absolute Gasteiger partial charge is 0.275 e. The number of nitro benzene ring substituents is 2. The lowest BCUT2D eigenvalue weighted by Crippen LogP contribution is -2.06. The molecule has 0 aliphatic carbocycles. The van der Waals surface area contributed by atoms with Crippen molar-refractivity contribution < 1.29 is 9.85 Å². The summed E-state index contributed by atoms with van der Waals surface area (Å²) in [6.07, 6.45) is 0. The number of alkyl halides is 4. The van der Waals surface area contributed by atoms with Gasteiger partial charge in [0, 0.05) is 23.3 Å². The number of halogens is 4. The van der Waals surface area contributed by atoms with Gasteiger partial charge < -0.3 is 0 Å². The number of nitrogens with zero attached hydrogens (tertiary/aromatic N) is 4. The van der Waals surface area contributed by atoms with Crippen molar-refractivity contribution in [3.05, 3.63) is 114 Å². The van der Waals surface area contributed by atoms with E-state index in [1.165, 1.54) is 24.3 Å². The van der Waals surface area contributed by atoms with E-state index in [-0.39, 0.29) is 33.6 Å². The minimum atomic E-state index is -0.987. The van der Waals surface area contributed by atoms with Gasteiger partial charge in [-0.05, 0) is 35.4 Å².